The van der Waals surface area contributed by atoms with Crippen LogP contribution < -0.4 is 0 Å². The number of hydrogen-bond acceptors (Lipinski definition) is 4. The summed E-state index contributed by atoms with van der Waals surface area (Å²) in [4.78, 5) is 0. The Labute approximate surface area is 91.1 Å². The quantitative estimate of drug-likeness (QED) is 0.641. The summed E-state index contributed by atoms with van der Waals surface area (Å²) in [6.45, 7) is 8.76. The minimum absolute atomic E-state index is 0.0868. The van der Waals surface area contributed by atoms with E-state index in [1.54, 1.807) is 20.3 Å². The van der Waals surface area contributed by atoms with E-state index in [9.17, 15) is 0 Å². The first kappa shape index (κ1) is 12.6. The number of rotatable bonds is 5. The van der Waals surface area contributed by atoms with Crippen LogP contribution >= 0.6 is 0 Å². The summed E-state index contributed by atoms with van der Waals surface area (Å²) in [7, 11) is 3.22. The molecule has 15 heavy (non-hydrogen) atoms. The monoisotopic (exact) mass is 214 g/mol. The molecule has 0 aliphatic carbocycles. The summed E-state index contributed by atoms with van der Waals surface area (Å²) >= 11 is 0. The van der Waals surface area contributed by atoms with Crippen molar-refractivity contribution in [1.29, 1.82) is 0 Å². The Morgan fingerprint density at radius 1 is 1.33 bits per heavy atom. The molecule has 1 aliphatic rings. The van der Waals surface area contributed by atoms with Gasteiger partial charge in [-0.2, -0.15) is 0 Å². The zero-order valence-electron chi connectivity index (χ0n) is 9.43. The summed E-state index contributed by atoms with van der Waals surface area (Å²) < 4.78 is 21.4. The highest BCUT2D eigenvalue weighted by atomic mass is 16.6. The molecular formula is C11H18O4. The second-order valence-corrected chi connectivity index (χ2v) is 3.38. The van der Waals surface area contributed by atoms with E-state index in [0.717, 1.165) is 0 Å². The summed E-state index contributed by atoms with van der Waals surface area (Å²) in [6, 6.07) is 0. The molecule has 0 N–H and O–H groups in total. The Hall–Kier alpha value is -0.420. The molecule has 0 amide bonds. The second-order valence-electron chi connectivity index (χ2n) is 3.38. The molecule has 0 aromatic rings. The van der Waals surface area contributed by atoms with Gasteiger partial charge in [-0.05, 0) is 6.92 Å². The summed E-state index contributed by atoms with van der Waals surface area (Å²) in [6.07, 6.45) is 0.916. The van der Waals surface area contributed by atoms with Crippen molar-refractivity contribution < 1.29 is 18.9 Å². The van der Waals surface area contributed by atoms with Crippen LogP contribution in [-0.4, -0.2) is 45.2 Å². The lowest BCUT2D eigenvalue weighted by Gasteiger charge is -2.38. The van der Waals surface area contributed by atoms with Crippen LogP contribution in [0, 0.1) is 6.61 Å². The van der Waals surface area contributed by atoms with Crippen LogP contribution in [0.1, 0.15) is 6.92 Å². The minimum Gasteiger partial charge on any atom is -0.376 e. The van der Waals surface area contributed by atoms with Crippen LogP contribution in [-0.2, 0) is 18.9 Å². The lowest BCUT2D eigenvalue weighted by Crippen LogP contribution is -2.52. The van der Waals surface area contributed by atoms with Crippen molar-refractivity contribution in [3.63, 3.8) is 0 Å². The Kier molecular flexibility index (Phi) is 5.25. The molecule has 1 aliphatic heterocycles. The lowest BCUT2D eigenvalue weighted by molar-refractivity contribution is -0.189. The lowest BCUT2D eigenvalue weighted by atomic mass is 10.0. The third-order valence-electron chi connectivity index (χ3n) is 2.39. The van der Waals surface area contributed by atoms with Crippen molar-refractivity contribution in [1.82, 2.24) is 0 Å². The average molecular weight is 214 g/mol. The predicted molar refractivity (Wildman–Crippen MR) is 55.3 cm³/mol. The van der Waals surface area contributed by atoms with Gasteiger partial charge in [0.15, 0.2) is 6.61 Å². The minimum atomic E-state index is -0.328. The van der Waals surface area contributed by atoms with Gasteiger partial charge < -0.3 is 18.9 Å². The first-order valence-electron chi connectivity index (χ1n) is 4.93. The Morgan fingerprint density at radius 3 is 2.60 bits per heavy atom. The predicted octanol–water partition coefficient (Wildman–Crippen LogP) is 1.05. The van der Waals surface area contributed by atoms with Crippen LogP contribution in [0.15, 0.2) is 12.7 Å². The number of methoxy groups -OCH3 is 2. The van der Waals surface area contributed by atoms with E-state index < -0.39 is 0 Å². The van der Waals surface area contributed by atoms with Gasteiger partial charge in [0.1, 0.15) is 18.3 Å². The molecule has 0 unspecified atom stereocenters. The van der Waals surface area contributed by atoms with Crippen LogP contribution in [0.5, 0.6) is 0 Å². The number of ether oxygens (including phenoxy) is 4. The van der Waals surface area contributed by atoms with Gasteiger partial charge >= 0.3 is 0 Å². The zero-order chi connectivity index (χ0) is 11.3. The molecule has 1 saturated heterocycles. The van der Waals surface area contributed by atoms with Gasteiger partial charge in [0.05, 0.1) is 12.7 Å². The van der Waals surface area contributed by atoms with Gasteiger partial charge in [0.25, 0.3) is 0 Å². The smallest absolute Gasteiger partial charge is 0.166 e. The number of hydrogen-bond donors (Lipinski definition) is 0. The van der Waals surface area contributed by atoms with Crippen LogP contribution in [0.3, 0.4) is 0 Å². The van der Waals surface area contributed by atoms with E-state index in [-0.39, 0.29) is 24.4 Å². The first-order chi connectivity index (χ1) is 7.24. The molecule has 4 heteroatoms. The van der Waals surface area contributed by atoms with E-state index in [1.165, 1.54) is 0 Å². The molecule has 0 aromatic carbocycles. The SMILES string of the molecule is C=CCO[C@H]1[C@@H](OC)[C@H](C)O[C][C@H]1OC. The Morgan fingerprint density at radius 2 is 2.07 bits per heavy atom. The van der Waals surface area contributed by atoms with E-state index in [1.807, 2.05) is 6.92 Å². The molecule has 0 aromatic heterocycles. The fourth-order valence-electron chi connectivity index (χ4n) is 1.62. The van der Waals surface area contributed by atoms with Crippen molar-refractivity contribution in [2.45, 2.75) is 31.3 Å². The molecule has 4 nitrogen and oxygen atoms in total. The highest BCUT2D eigenvalue weighted by Gasteiger charge is 2.40. The molecule has 2 radical (unpaired) electrons. The zero-order valence-corrected chi connectivity index (χ0v) is 9.43. The van der Waals surface area contributed by atoms with Crippen molar-refractivity contribution in [2.75, 3.05) is 20.8 Å². The average Bonchev–Trinajstić information content (AvgIpc) is 2.26. The fraction of sp³-hybridized carbons (Fsp3) is 0.727. The summed E-state index contributed by atoms with van der Waals surface area (Å²) in [5.41, 5.74) is 0. The highest BCUT2D eigenvalue weighted by Crippen LogP contribution is 2.24. The maximum atomic E-state index is 5.60. The summed E-state index contributed by atoms with van der Waals surface area (Å²) in [5.74, 6) is 0. The van der Waals surface area contributed by atoms with Gasteiger partial charge in [0.2, 0.25) is 0 Å². The van der Waals surface area contributed by atoms with Crippen LogP contribution in [0.25, 0.3) is 0 Å². The fourth-order valence-corrected chi connectivity index (χ4v) is 1.62. The second kappa shape index (κ2) is 6.23. The highest BCUT2D eigenvalue weighted by molar-refractivity contribution is 4.93. The van der Waals surface area contributed by atoms with Gasteiger partial charge in [-0.3, -0.25) is 0 Å². The van der Waals surface area contributed by atoms with Crippen molar-refractivity contribution in [3.05, 3.63) is 19.3 Å². The van der Waals surface area contributed by atoms with E-state index in [0.29, 0.717) is 6.61 Å². The molecule has 0 bridgehead atoms. The molecular weight excluding hydrogens is 196 g/mol. The Bertz CT molecular complexity index is 195. The first-order valence-corrected chi connectivity index (χ1v) is 4.93. The molecule has 0 spiro atoms. The van der Waals surface area contributed by atoms with Gasteiger partial charge in [0, 0.05) is 14.2 Å². The van der Waals surface area contributed by atoms with Crippen LogP contribution in [0.2, 0.25) is 0 Å². The third kappa shape index (κ3) is 3.01. The normalized spacial score (nSPS) is 36.5. The summed E-state index contributed by atoms with van der Waals surface area (Å²) in [5, 5.41) is 0. The third-order valence-corrected chi connectivity index (χ3v) is 2.39. The van der Waals surface area contributed by atoms with Crippen molar-refractivity contribution in [2.24, 2.45) is 0 Å². The van der Waals surface area contributed by atoms with E-state index >= 15 is 0 Å². The van der Waals surface area contributed by atoms with E-state index in [4.69, 9.17) is 18.9 Å². The largest absolute Gasteiger partial charge is 0.376 e. The standard InChI is InChI=1S/C11H18O4/c1-5-6-14-11-9(12-3)7-15-8(2)10(11)13-4/h5,8-11H,1,6H2,2-4H3/t8-,9+,10-,11+/m0/s1. The van der Waals surface area contributed by atoms with Crippen molar-refractivity contribution >= 4 is 0 Å². The Balaban J connectivity index is 2.64. The van der Waals surface area contributed by atoms with Gasteiger partial charge in [-0.25, -0.2) is 0 Å². The molecule has 1 heterocycles. The van der Waals surface area contributed by atoms with E-state index in [2.05, 4.69) is 13.2 Å². The maximum Gasteiger partial charge on any atom is 0.166 e. The molecule has 1 fully saturated rings. The maximum absolute atomic E-state index is 5.60. The molecule has 86 valence electrons. The molecule has 0 saturated carbocycles. The molecule has 4 atom stereocenters. The topological polar surface area (TPSA) is 36.9 Å². The van der Waals surface area contributed by atoms with Crippen molar-refractivity contribution in [3.8, 4) is 0 Å². The van der Waals surface area contributed by atoms with Gasteiger partial charge in [-0.1, -0.05) is 6.08 Å². The van der Waals surface area contributed by atoms with Gasteiger partial charge in [-0.15, -0.1) is 6.58 Å². The van der Waals surface area contributed by atoms with Crippen LogP contribution in [0.4, 0.5) is 0 Å². The molecule has 1 rings (SSSR count).